The van der Waals surface area contributed by atoms with E-state index in [4.69, 9.17) is 14.6 Å². The van der Waals surface area contributed by atoms with Gasteiger partial charge in [0.1, 0.15) is 18.0 Å². The highest BCUT2D eigenvalue weighted by atomic mass is 127. The SMILES string of the molecule is C=CCCCCC(=O)N(CCCOCC)C1CC(C(=O)NCCO)=CC(Oc2ccccc2I)C1O. The third kappa shape index (κ3) is 9.49. The first kappa shape index (κ1) is 30.3. The van der Waals surface area contributed by atoms with Crippen molar-refractivity contribution < 1.29 is 29.3 Å². The molecule has 3 unspecified atom stereocenters. The Bertz CT molecular complexity index is 878. The molecule has 200 valence electrons. The predicted molar refractivity (Wildman–Crippen MR) is 148 cm³/mol. The Morgan fingerprint density at radius 3 is 2.75 bits per heavy atom. The molecule has 0 saturated carbocycles. The van der Waals surface area contributed by atoms with Crippen molar-refractivity contribution in [1.29, 1.82) is 0 Å². The lowest BCUT2D eigenvalue weighted by molar-refractivity contribution is -0.139. The highest BCUT2D eigenvalue weighted by molar-refractivity contribution is 14.1. The minimum Gasteiger partial charge on any atom is -0.482 e. The van der Waals surface area contributed by atoms with E-state index >= 15 is 0 Å². The molecule has 1 aromatic carbocycles. The van der Waals surface area contributed by atoms with Crippen molar-refractivity contribution in [3.63, 3.8) is 0 Å². The molecule has 1 aromatic rings. The lowest BCUT2D eigenvalue weighted by atomic mass is 9.87. The van der Waals surface area contributed by atoms with Crippen molar-refractivity contribution in [2.75, 3.05) is 32.9 Å². The van der Waals surface area contributed by atoms with Gasteiger partial charge < -0.3 is 29.9 Å². The van der Waals surface area contributed by atoms with E-state index in [2.05, 4.69) is 34.5 Å². The van der Waals surface area contributed by atoms with Crippen molar-refractivity contribution in [2.24, 2.45) is 0 Å². The summed E-state index contributed by atoms with van der Waals surface area (Å²) in [6.07, 6.45) is 5.20. The lowest BCUT2D eigenvalue weighted by Crippen LogP contribution is -2.55. The van der Waals surface area contributed by atoms with Gasteiger partial charge in [-0.1, -0.05) is 18.2 Å². The fourth-order valence-electron chi connectivity index (χ4n) is 4.13. The fraction of sp³-hybridized carbons (Fsp3) is 0.556. The monoisotopic (exact) mass is 614 g/mol. The molecule has 2 rings (SSSR count). The van der Waals surface area contributed by atoms with Gasteiger partial charge in [-0.25, -0.2) is 0 Å². The van der Waals surface area contributed by atoms with E-state index in [-0.39, 0.29) is 31.4 Å². The van der Waals surface area contributed by atoms with Gasteiger partial charge in [-0.3, -0.25) is 9.59 Å². The van der Waals surface area contributed by atoms with Crippen LogP contribution in [-0.2, 0) is 14.3 Å². The highest BCUT2D eigenvalue weighted by Crippen LogP contribution is 2.30. The van der Waals surface area contributed by atoms with Crippen LogP contribution in [0.5, 0.6) is 5.75 Å². The number of unbranched alkanes of at least 4 members (excludes halogenated alkanes) is 2. The number of para-hydroxylation sites is 1. The number of nitrogens with one attached hydrogen (secondary N) is 1. The molecule has 0 bridgehead atoms. The lowest BCUT2D eigenvalue weighted by Gasteiger charge is -2.40. The van der Waals surface area contributed by atoms with Gasteiger partial charge in [0.15, 0.2) is 0 Å². The number of carbonyl (C=O) groups excluding carboxylic acids is 2. The average molecular weight is 615 g/mol. The van der Waals surface area contributed by atoms with Crippen LogP contribution in [0, 0.1) is 3.57 Å². The molecule has 2 amide bonds. The Kier molecular flexibility index (Phi) is 14.1. The van der Waals surface area contributed by atoms with Crippen molar-refractivity contribution in [2.45, 2.75) is 63.7 Å². The zero-order chi connectivity index (χ0) is 26.3. The molecular formula is C27H39IN2O6. The van der Waals surface area contributed by atoms with Gasteiger partial charge in [-0.05, 0) is 73.4 Å². The quantitative estimate of drug-likeness (QED) is 0.150. The Morgan fingerprint density at radius 2 is 2.06 bits per heavy atom. The second-order valence-corrected chi connectivity index (χ2v) is 9.78. The van der Waals surface area contributed by atoms with Crippen molar-refractivity contribution in [3.8, 4) is 5.75 Å². The van der Waals surface area contributed by atoms with Crippen LogP contribution < -0.4 is 10.1 Å². The Labute approximate surface area is 227 Å². The van der Waals surface area contributed by atoms with Gasteiger partial charge in [0, 0.05) is 44.7 Å². The number of halogens is 1. The van der Waals surface area contributed by atoms with Gasteiger partial charge in [-0.15, -0.1) is 6.58 Å². The summed E-state index contributed by atoms with van der Waals surface area (Å²) < 4.78 is 12.5. The third-order valence-electron chi connectivity index (χ3n) is 5.98. The van der Waals surface area contributed by atoms with E-state index in [1.807, 2.05) is 37.3 Å². The van der Waals surface area contributed by atoms with Gasteiger partial charge in [0.25, 0.3) is 0 Å². The molecule has 8 nitrogen and oxygen atoms in total. The summed E-state index contributed by atoms with van der Waals surface area (Å²) in [5.74, 6) is 0.183. The second-order valence-electron chi connectivity index (χ2n) is 8.62. The molecular weight excluding hydrogens is 575 g/mol. The predicted octanol–water partition coefficient (Wildman–Crippen LogP) is 3.21. The fourth-order valence-corrected chi connectivity index (χ4v) is 4.65. The van der Waals surface area contributed by atoms with Crippen LogP contribution in [0.15, 0.2) is 48.6 Å². The number of aliphatic hydroxyl groups excluding tert-OH is 2. The summed E-state index contributed by atoms with van der Waals surface area (Å²) in [5.41, 5.74) is 0.420. The van der Waals surface area contributed by atoms with Crippen LogP contribution in [0.3, 0.4) is 0 Å². The van der Waals surface area contributed by atoms with Crippen molar-refractivity contribution in [3.05, 3.63) is 52.1 Å². The molecule has 9 heteroatoms. The highest BCUT2D eigenvalue weighted by Gasteiger charge is 2.40. The number of benzene rings is 1. The minimum atomic E-state index is -1.03. The molecule has 1 aliphatic rings. The van der Waals surface area contributed by atoms with Crippen LogP contribution in [-0.4, -0.2) is 78.1 Å². The van der Waals surface area contributed by atoms with Crippen molar-refractivity contribution in [1.82, 2.24) is 10.2 Å². The minimum absolute atomic E-state index is 0.0651. The number of ether oxygens (including phenoxy) is 2. The molecule has 36 heavy (non-hydrogen) atoms. The maximum absolute atomic E-state index is 13.3. The van der Waals surface area contributed by atoms with Crippen LogP contribution >= 0.6 is 22.6 Å². The summed E-state index contributed by atoms with van der Waals surface area (Å²) >= 11 is 2.16. The Morgan fingerprint density at radius 1 is 1.28 bits per heavy atom. The van der Waals surface area contributed by atoms with E-state index in [9.17, 15) is 14.7 Å². The number of rotatable bonds is 16. The molecule has 3 atom stereocenters. The van der Waals surface area contributed by atoms with E-state index in [1.165, 1.54) is 0 Å². The number of carbonyl (C=O) groups is 2. The van der Waals surface area contributed by atoms with E-state index in [0.717, 1.165) is 22.8 Å². The van der Waals surface area contributed by atoms with E-state index < -0.39 is 18.2 Å². The Hall–Kier alpha value is -1.95. The molecule has 3 N–H and O–H groups in total. The number of hydrogen-bond acceptors (Lipinski definition) is 6. The average Bonchev–Trinajstić information content (AvgIpc) is 2.88. The first-order valence-electron chi connectivity index (χ1n) is 12.6. The summed E-state index contributed by atoms with van der Waals surface area (Å²) in [4.78, 5) is 27.9. The standard InChI is InChI=1S/C27H39IN2O6/c1-3-5-6-7-13-25(32)30(15-10-17-35-4-2)22-18-20(27(34)29-14-16-31)19-24(26(22)33)36-23-12-9-8-11-21(23)28/h3,8-9,11-12,19,22,24,26,31,33H,1,4-7,10,13-18H2,2H3,(H,29,34). The second kappa shape index (κ2) is 16.7. The van der Waals surface area contributed by atoms with E-state index in [0.29, 0.717) is 43.9 Å². The van der Waals surface area contributed by atoms with Gasteiger partial charge in [-0.2, -0.15) is 0 Å². The summed E-state index contributed by atoms with van der Waals surface area (Å²) in [6, 6.07) is 6.81. The number of nitrogens with zero attached hydrogens (tertiary/aromatic N) is 1. The first-order chi connectivity index (χ1) is 17.4. The first-order valence-corrected chi connectivity index (χ1v) is 13.7. The molecule has 0 heterocycles. The topological polar surface area (TPSA) is 108 Å². The Balaban J connectivity index is 2.31. The van der Waals surface area contributed by atoms with Crippen molar-refractivity contribution >= 4 is 34.4 Å². The molecule has 0 spiro atoms. The molecule has 0 saturated heterocycles. The largest absolute Gasteiger partial charge is 0.482 e. The maximum atomic E-state index is 13.3. The third-order valence-corrected chi connectivity index (χ3v) is 6.87. The smallest absolute Gasteiger partial charge is 0.247 e. The summed E-state index contributed by atoms with van der Waals surface area (Å²) in [6.45, 7) is 7.08. The normalized spacial score (nSPS) is 19.3. The number of allylic oxidation sites excluding steroid dienone is 1. The molecule has 0 fully saturated rings. The molecule has 0 aromatic heterocycles. The summed E-state index contributed by atoms with van der Waals surface area (Å²) in [5, 5.41) is 23.2. The number of hydrogen-bond donors (Lipinski definition) is 3. The van der Waals surface area contributed by atoms with Crippen LogP contribution in [0.25, 0.3) is 0 Å². The maximum Gasteiger partial charge on any atom is 0.247 e. The van der Waals surface area contributed by atoms with Gasteiger partial charge in [0.2, 0.25) is 11.8 Å². The number of aliphatic hydroxyl groups is 2. The summed E-state index contributed by atoms with van der Waals surface area (Å²) in [7, 11) is 0. The zero-order valence-corrected chi connectivity index (χ0v) is 23.2. The molecule has 0 aliphatic heterocycles. The molecule has 1 aliphatic carbocycles. The van der Waals surface area contributed by atoms with E-state index in [1.54, 1.807) is 11.0 Å². The molecule has 0 radical (unpaired) electrons. The number of amides is 2. The zero-order valence-electron chi connectivity index (χ0n) is 21.0. The van der Waals surface area contributed by atoms with Gasteiger partial charge >= 0.3 is 0 Å². The van der Waals surface area contributed by atoms with Crippen LogP contribution in [0.4, 0.5) is 0 Å². The van der Waals surface area contributed by atoms with Gasteiger partial charge in [0.05, 0.1) is 16.2 Å². The van der Waals surface area contributed by atoms with Crippen LogP contribution in [0.1, 0.15) is 45.4 Å². The van der Waals surface area contributed by atoms with Crippen LogP contribution in [0.2, 0.25) is 0 Å².